The van der Waals surface area contributed by atoms with Crippen LogP contribution in [-0.2, 0) is 11.3 Å². The monoisotopic (exact) mass is 199 g/mol. The van der Waals surface area contributed by atoms with E-state index in [4.69, 9.17) is 5.11 Å². The van der Waals surface area contributed by atoms with Crippen molar-refractivity contribution in [2.45, 2.75) is 13.5 Å². The number of thiophene rings is 1. The van der Waals surface area contributed by atoms with Crippen molar-refractivity contribution < 1.29 is 14.7 Å². The highest BCUT2D eigenvalue weighted by Crippen LogP contribution is 2.16. The van der Waals surface area contributed by atoms with Gasteiger partial charge in [-0.3, -0.25) is 4.79 Å². The molecule has 1 heterocycles. The van der Waals surface area contributed by atoms with E-state index >= 15 is 0 Å². The van der Waals surface area contributed by atoms with Gasteiger partial charge in [0.15, 0.2) is 0 Å². The van der Waals surface area contributed by atoms with Crippen molar-refractivity contribution in [1.82, 2.24) is 5.32 Å². The smallest absolute Gasteiger partial charge is 0.346 e. The average Bonchev–Trinajstić information content (AvgIpc) is 2.47. The summed E-state index contributed by atoms with van der Waals surface area (Å²) in [6.07, 6.45) is 0. The summed E-state index contributed by atoms with van der Waals surface area (Å²) in [5.41, 5.74) is 0.646. The molecule has 0 aliphatic heterocycles. The van der Waals surface area contributed by atoms with Crippen molar-refractivity contribution in [2.75, 3.05) is 0 Å². The lowest BCUT2D eigenvalue weighted by Crippen LogP contribution is -2.19. The number of carbonyl (C=O) groups is 2. The van der Waals surface area contributed by atoms with Crippen molar-refractivity contribution in [3.8, 4) is 0 Å². The number of carboxylic acid groups (broad SMARTS) is 1. The zero-order valence-electron chi connectivity index (χ0n) is 7.03. The lowest BCUT2D eigenvalue weighted by molar-refractivity contribution is -0.119. The van der Waals surface area contributed by atoms with E-state index in [2.05, 4.69) is 5.32 Å². The molecule has 0 unspecified atom stereocenters. The minimum atomic E-state index is -0.949. The first kappa shape index (κ1) is 9.73. The molecule has 0 aromatic carbocycles. The van der Waals surface area contributed by atoms with E-state index in [-0.39, 0.29) is 17.3 Å². The maximum absolute atomic E-state index is 10.6. The van der Waals surface area contributed by atoms with Gasteiger partial charge in [-0.1, -0.05) is 0 Å². The second-order valence-electron chi connectivity index (χ2n) is 2.49. The van der Waals surface area contributed by atoms with E-state index < -0.39 is 5.97 Å². The number of carbonyl (C=O) groups excluding carboxylic acids is 1. The molecule has 1 rings (SSSR count). The van der Waals surface area contributed by atoms with Crippen molar-refractivity contribution in [3.63, 3.8) is 0 Å². The number of aromatic carboxylic acids is 1. The Bertz CT molecular complexity index is 332. The van der Waals surface area contributed by atoms with E-state index in [1.165, 1.54) is 6.92 Å². The molecule has 0 fully saturated rings. The Labute approximate surface area is 79.2 Å². The molecule has 13 heavy (non-hydrogen) atoms. The molecule has 0 radical (unpaired) electrons. The van der Waals surface area contributed by atoms with Crippen LogP contribution in [0.2, 0.25) is 0 Å². The van der Waals surface area contributed by atoms with Gasteiger partial charge < -0.3 is 10.4 Å². The van der Waals surface area contributed by atoms with Crippen molar-refractivity contribution >= 4 is 23.2 Å². The highest BCUT2D eigenvalue weighted by Gasteiger charge is 2.10. The van der Waals surface area contributed by atoms with Crippen LogP contribution in [0.5, 0.6) is 0 Å². The second kappa shape index (κ2) is 4.04. The Morgan fingerprint density at radius 2 is 2.31 bits per heavy atom. The van der Waals surface area contributed by atoms with Crippen molar-refractivity contribution in [1.29, 1.82) is 0 Å². The highest BCUT2D eigenvalue weighted by molar-refractivity contribution is 7.12. The predicted molar refractivity (Wildman–Crippen MR) is 48.8 cm³/mol. The maximum Gasteiger partial charge on any atom is 0.346 e. The summed E-state index contributed by atoms with van der Waals surface area (Å²) >= 11 is 1.16. The maximum atomic E-state index is 10.6. The van der Waals surface area contributed by atoms with E-state index in [1.54, 1.807) is 11.4 Å². The third-order valence-corrected chi connectivity index (χ3v) is 2.41. The third-order valence-electron chi connectivity index (χ3n) is 1.47. The molecule has 1 aromatic rings. The second-order valence-corrected chi connectivity index (χ2v) is 3.41. The van der Waals surface area contributed by atoms with E-state index in [0.717, 1.165) is 11.3 Å². The Balaban J connectivity index is 2.71. The van der Waals surface area contributed by atoms with Crippen molar-refractivity contribution in [3.05, 3.63) is 21.9 Å². The van der Waals surface area contributed by atoms with Crippen LogP contribution in [0.4, 0.5) is 0 Å². The highest BCUT2D eigenvalue weighted by atomic mass is 32.1. The van der Waals surface area contributed by atoms with Gasteiger partial charge in [-0.15, -0.1) is 11.3 Å². The van der Waals surface area contributed by atoms with Crippen LogP contribution in [0.3, 0.4) is 0 Å². The first-order valence-electron chi connectivity index (χ1n) is 3.65. The zero-order chi connectivity index (χ0) is 9.84. The van der Waals surface area contributed by atoms with Crippen molar-refractivity contribution in [2.24, 2.45) is 0 Å². The standard InChI is InChI=1S/C8H9NO3S/c1-5(10)9-4-6-2-3-13-7(6)8(11)12/h2-3H,4H2,1H3,(H,9,10)(H,11,12). The predicted octanol–water partition coefficient (Wildman–Crippen LogP) is 1.08. The minimum Gasteiger partial charge on any atom is -0.477 e. The van der Waals surface area contributed by atoms with Gasteiger partial charge in [0.2, 0.25) is 5.91 Å². The first-order chi connectivity index (χ1) is 6.11. The van der Waals surface area contributed by atoms with Gasteiger partial charge in [-0.05, 0) is 17.0 Å². The first-order valence-corrected chi connectivity index (χ1v) is 4.53. The number of hydrogen-bond donors (Lipinski definition) is 2. The molecule has 0 bridgehead atoms. The van der Waals surface area contributed by atoms with Gasteiger partial charge in [-0.2, -0.15) is 0 Å². The number of carboxylic acids is 1. The van der Waals surface area contributed by atoms with Gasteiger partial charge >= 0.3 is 5.97 Å². The van der Waals surface area contributed by atoms with Crippen LogP contribution in [0.15, 0.2) is 11.4 Å². The summed E-state index contributed by atoms with van der Waals surface area (Å²) in [5.74, 6) is -1.11. The fraction of sp³-hybridized carbons (Fsp3) is 0.250. The number of hydrogen-bond acceptors (Lipinski definition) is 3. The van der Waals surface area contributed by atoms with Gasteiger partial charge in [0.1, 0.15) is 4.88 Å². The molecule has 70 valence electrons. The molecular weight excluding hydrogens is 190 g/mol. The SMILES string of the molecule is CC(=O)NCc1ccsc1C(=O)O. The molecule has 0 aliphatic rings. The van der Waals surface area contributed by atoms with Gasteiger partial charge in [0.25, 0.3) is 0 Å². The molecule has 0 saturated carbocycles. The Kier molecular flexibility index (Phi) is 3.02. The Morgan fingerprint density at radius 1 is 1.62 bits per heavy atom. The minimum absolute atomic E-state index is 0.164. The average molecular weight is 199 g/mol. The molecule has 1 amide bonds. The summed E-state index contributed by atoms with van der Waals surface area (Å²) < 4.78 is 0. The largest absolute Gasteiger partial charge is 0.477 e. The van der Waals surface area contributed by atoms with Crippen LogP contribution in [0, 0.1) is 0 Å². The van der Waals surface area contributed by atoms with Gasteiger partial charge in [-0.25, -0.2) is 4.79 Å². The van der Waals surface area contributed by atoms with E-state index in [0.29, 0.717) is 5.56 Å². The van der Waals surface area contributed by atoms with Gasteiger partial charge in [0, 0.05) is 13.5 Å². The fourth-order valence-electron chi connectivity index (χ4n) is 0.882. The van der Waals surface area contributed by atoms with Crippen LogP contribution in [-0.4, -0.2) is 17.0 Å². The van der Waals surface area contributed by atoms with E-state index in [9.17, 15) is 9.59 Å². The fourth-order valence-corrected chi connectivity index (χ4v) is 1.64. The molecule has 0 saturated heterocycles. The number of amides is 1. The Hall–Kier alpha value is -1.36. The normalized spacial score (nSPS) is 9.62. The lowest BCUT2D eigenvalue weighted by atomic mass is 10.2. The van der Waals surface area contributed by atoms with Gasteiger partial charge in [0.05, 0.1) is 0 Å². The quantitative estimate of drug-likeness (QED) is 0.765. The summed E-state index contributed by atoms with van der Waals surface area (Å²) in [6, 6.07) is 1.70. The van der Waals surface area contributed by atoms with E-state index in [1.807, 2.05) is 0 Å². The van der Waals surface area contributed by atoms with Crippen LogP contribution < -0.4 is 5.32 Å². The molecule has 1 aromatic heterocycles. The molecule has 2 N–H and O–H groups in total. The molecule has 0 spiro atoms. The topological polar surface area (TPSA) is 66.4 Å². The summed E-state index contributed by atoms with van der Waals surface area (Å²) in [5, 5.41) is 13.0. The molecule has 0 atom stereocenters. The number of rotatable bonds is 3. The summed E-state index contributed by atoms with van der Waals surface area (Å²) in [4.78, 5) is 21.5. The van der Waals surface area contributed by atoms with Crippen LogP contribution >= 0.6 is 11.3 Å². The summed E-state index contributed by atoms with van der Waals surface area (Å²) in [6.45, 7) is 1.67. The lowest BCUT2D eigenvalue weighted by Gasteiger charge is -2.00. The molecule has 5 heteroatoms. The third kappa shape index (κ3) is 2.55. The Morgan fingerprint density at radius 3 is 2.85 bits per heavy atom. The molecule has 0 aliphatic carbocycles. The van der Waals surface area contributed by atoms with Crippen LogP contribution in [0.1, 0.15) is 22.2 Å². The molecular formula is C8H9NO3S. The number of nitrogens with one attached hydrogen (secondary N) is 1. The summed E-state index contributed by atoms with van der Waals surface area (Å²) in [7, 11) is 0. The van der Waals surface area contributed by atoms with Crippen LogP contribution in [0.25, 0.3) is 0 Å². The molecule has 4 nitrogen and oxygen atoms in total. The zero-order valence-corrected chi connectivity index (χ0v) is 7.85.